The maximum atomic E-state index is 12.2. The topological polar surface area (TPSA) is 110 Å². The summed E-state index contributed by atoms with van der Waals surface area (Å²) in [5.74, 6) is -1.33. The van der Waals surface area contributed by atoms with Crippen molar-refractivity contribution >= 4 is 33.9 Å². The summed E-state index contributed by atoms with van der Waals surface area (Å²) in [4.78, 5) is 34.7. The molecule has 0 spiro atoms. The van der Waals surface area contributed by atoms with E-state index in [1.165, 1.54) is 50.5 Å². The Morgan fingerprint density at radius 3 is 2.32 bits per heavy atom. The van der Waals surface area contributed by atoms with Gasteiger partial charge in [-0.3, -0.25) is 9.59 Å². The van der Waals surface area contributed by atoms with Crippen molar-refractivity contribution in [2.45, 2.75) is 11.8 Å². The molecule has 0 heterocycles. The molecule has 0 aromatic heterocycles. The number of nitrogens with zero attached hydrogens (tertiary/aromatic N) is 1. The number of nitrogens with one attached hydrogen (secondary N) is 1. The van der Waals surface area contributed by atoms with Gasteiger partial charge in [0.25, 0.3) is 5.91 Å². The fourth-order valence-corrected chi connectivity index (χ4v) is 3.13. The Bertz CT molecular complexity index is 998. The lowest BCUT2D eigenvalue weighted by Crippen LogP contribution is -2.23. The second kappa shape index (κ2) is 8.77. The van der Waals surface area contributed by atoms with Crippen molar-refractivity contribution in [1.82, 2.24) is 4.31 Å². The van der Waals surface area contributed by atoms with E-state index >= 15 is 0 Å². The first-order valence-electron chi connectivity index (χ1n) is 8.20. The second-order valence-electron chi connectivity index (χ2n) is 6.13. The number of aldehydes is 1. The quantitative estimate of drug-likeness (QED) is 0.557. The monoisotopic (exact) mass is 404 g/mol. The standard InChI is InChI=1S/C19H20N2O6S/c1-13-4-9-16(28(25,26)21(2)3)10-17(13)20-18(23)12-27-19(24)15-7-5-14(11-22)6-8-15/h4-11H,12H2,1-3H3,(H,20,23). The van der Waals surface area contributed by atoms with Crippen LogP contribution in [-0.2, 0) is 19.6 Å². The van der Waals surface area contributed by atoms with Crippen LogP contribution in [0.3, 0.4) is 0 Å². The van der Waals surface area contributed by atoms with Crippen LogP contribution < -0.4 is 5.32 Å². The van der Waals surface area contributed by atoms with E-state index < -0.39 is 28.5 Å². The number of ether oxygens (including phenoxy) is 1. The smallest absolute Gasteiger partial charge is 0.338 e. The predicted molar refractivity (Wildman–Crippen MR) is 103 cm³/mol. The third-order valence-electron chi connectivity index (χ3n) is 3.88. The van der Waals surface area contributed by atoms with Crippen molar-refractivity contribution in [1.29, 1.82) is 0 Å². The van der Waals surface area contributed by atoms with Gasteiger partial charge in [-0.05, 0) is 36.8 Å². The van der Waals surface area contributed by atoms with E-state index in [1.54, 1.807) is 13.0 Å². The number of hydrogen-bond donors (Lipinski definition) is 1. The van der Waals surface area contributed by atoms with Gasteiger partial charge >= 0.3 is 5.97 Å². The van der Waals surface area contributed by atoms with Crippen LogP contribution in [0, 0.1) is 6.92 Å². The molecule has 28 heavy (non-hydrogen) atoms. The van der Waals surface area contributed by atoms with Crippen molar-refractivity contribution in [2.24, 2.45) is 0 Å². The number of amides is 1. The molecule has 8 nitrogen and oxygen atoms in total. The molecular formula is C19H20N2O6S. The Hall–Kier alpha value is -3.04. The number of esters is 1. The fourth-order valence-electron chi connectivity index (χ4n) is 2.21. The molecule has 0 radical (unpaired) electrons. The highest BCUT2D eigenvalue weighted by Crippen LogP contribution is 2.22. The Kier molecular flexibility index (Phi) is 6.66. The minimum Gasteiger partial charge on any atom is -0.452 e. The zero-order valence-corrected chi connectivity index (χ0v) is 16.4. The van der Waals surface area contributed by atoms with Crippen LogP contribution in [0.1, 0.15) is 26.3 Å². The van der Waals surface area contributed by atoms with Gasteiger partial charge in [0.1, 0.15) is 6.29 Å². The minimum absolute atomic E-state index is 0.0330. The number of benzene rings is 2. The van der Waals surface area contributed by atoms with Crippen molar-refractivity contribution in [3.63, 3.8) is 0 Å². The fraction of sp³-hybridized carbons (Fsp3) is 0.211. The first-order chi connectivity index (χ1) is 13.1. The maximum absolute atomic E-state index is 12.2. The van der Waals surface area contributed by atoms with Crippen LogP contribution in [-0.4, -0.2) is 51.6 Å². The van der Waals surface area contributed by atoms with Gasteiger partial charge in [-0.2, -0.15) is 0 Å². The van der Waals surface area contributed by atoms with Crippen molar-refractivity contribution < 1.29 is 27.5 Å². The molecule has 0 saturated heterocycles. The summed E-state index contributed by atoms with van der Waals surface area (Å²) in [5.41, 5.74) is 1.58. The molecular weight excluding hydrogens is 384 g/mol. The van der Waals surface area contributed by atoms with Gasteiger partial charge in [0, 0.05) is 25.3 Å². The summed E-state index contributed by atoms with van der Waals surface area (Å²) in [6, 6.07) is 10.1. The van der Waals surface area contributed by atoms with Crippen LogP contribution in [0.2, 0.25) is 0 Å². The molecule has 148 valence electrons. The van der Waals surface area contributed by atoms with Gasteiger partial charge in [-0.1, -0.05) is 18.2 Å². The molecule has 0 fully saturated rings. The number of aryl methyl sites for hydroxylation is 1. The van der Waals surface area contributed by atoms with E-state index in [-0.39, 0.29) is 10.5 Å². The average Bonchev–Trinajstić information content (AvgIpc) is 2.67. The highest BCUT2D eigenvalue weighted by Gasteiger charge is 2.19. The third-order valence-corrected chi connectivity index (χ3v) is 5.69. The third kappa shape index (κ3) is 5.02. The van der Waals surface area contributed by atoms with E-state index in [0.29, 0.717) is 23.1 Å². The van der Waals surface area contributed by atoms with E-state index in [0.717, 1.165) is 4.31 Å². The second-order valence-corrected chi connectivity index (χ2v) is 8.28. The van der Waals surface area contributed by atoms with Gasteiger partial charge in [-0.15, -0.1) is 0 Å². The molecule has 2 aromatic carbocycles. The van der Waals surface area contributed by atoms with Gasteiger partial charge < -0.3 is 10.1 Å². The molecule has 0 aliphatic heterocycles. The first-order valence-corrected chi connectivity index (χ1v) is 9.64. The molecule has 9 heteroatoms. The highest BCUT2D eigenvalue weighted by molar-refractivity contribution is 7.89. The van der Waals surface area contributed by atoms with Crippen LogP contribution in [0.25, 0.3) is 0 Å². The van der Waals surface area contributed by atoms with Gasteiger partial charge in [0.15, 0.2) is 6.61 Å². The van der Waals surface area contributed by atoms with Crippen LogP contribution >= 0.6 is 0 Å². The Morgan fingerprint density at radius 2 is 1.75 bits per heavy atom. The molecule has 1 amide bonds. The van der Waals surface area contributed by atoms with Crippen molar-refractivity contribution in [3.05, 3.63) is 59.2 Å². The zero-order chi connectivity index (χ0) is 20.9. The molecule has 0 bridgehead atoms. The van der Waals surface area contributed by atoms with Gasteiger partial charge in [-0.25, -0.2) is 17.5 Å². The first kappa shape index (κ1) is 21.3. The molecule has 0 atom stereocenters. The molecule has 0 unspecified atom stereocenters. The zero-order valence-electron chi connectivity index (χ0n) is 15.6. The van der Waals surface area contributed by atoms with Crippen LogP contribution in [0.5, 0.6) is 0 Å². The highest BCUT2D eigenvalue weighted by atomic mass is 32.2. The van der Waals surface area contributed by atoms with E-state index in [1.807, 2.05) is 0 Å². The lowest BCUT2D eigenvalue weighted by molar-refractivity contribution is -0.119. The lowest BCUT2D eigenvalue weighted by atomic mass is 10.1. The van der Waals surface area contributed by atoms with Crippen LogP contribution in [0.15, 0.2) is 47.4 Å². The summed E-state index contributed by atoms with van der Waals surface area (Å²) < 4.78 is 30.5. The molecule has 1 N–H and O–H groups in total. The van der Waals surface area contributed by atoms with E-state index in [2.05, 4.69) is 5.32 Å². The SMILES string of the molecule is Cc1ccc(S(=O)(=O)N(C)C)cc1NC(=O)COC(=O)c1ccc(C=O)cc1. The predicted octanol–water partition coefficient (Wildman–Crippen LogP) is 1.85. The minimum atomic E-state index is -3.65. The van der Waals surface area contributed by atoms with Gasteiger partial charge in [0.2, 0.25) is 10.0 Å². The number of carbonyl (C=O) groups is 3. The summed E-state index contributed by atoms with van der Waals surface area (Å²) >= 11 is 0. The van der Waals surface area contributed by atoms with Crippen LogP contribution in [0.4, 0.5) is 5.69 Å². The normalized spacial score (nSPS) is 11.1. The summed E-state index contributed by atoms with van der Waals surface area (Å²) in [5, 5.41) is 2.54. The Morgan fingerprint density at radius 1 is 1.11 bits per heavy atom. The molecule has 0 aliphatic rings. The number of hydrogen-bond acceptors (Lipinski definition) is 6. The van der Waals surface area contributed by atoms with E-state index in [9.17, 15) is 22.8 Å². The summed E-state index contributed by atoms with van der Waals surface area (Å²) in [6.07, 6.45) is 0.648. The Labute approximate surface area is 163 Å². The largest absolute Gasteiger partial charge is 0.452 e. The van der Waals surface area contributed by atoms with Crippen molar-refractivity contribution in [3.8, 4) is 0 Å². The summed E-state index contributed by atoms with van der Waals surface area (Å²) in [6.45, 7) is 1.17. The maximum Gasteiger partial charge on any atom is 0.338 e. The molecule has 2 rings (SSSR count). The number of carbonyl (C=O) groups excluding carboxylic acids is 3. The van der Waals surface area contributed by atoms with Gasteiger partial charge in [0.05, 0.1) is 10.5 Å². The molecule has 2 aromatic rings. The Balaban J connectivity index is 2.04. The summed E-state index contributed by atoms with van der Waals surface area (Å²) in [7, 11) is -0.825. The average molecular weight is 404 g/mol. The lowest BCUT2D eigenvalue weighted by Gasteiger charge is -2.14. The molecule has 0 saturated carbocycles. The molecule has 0 aliphatic carbocycles. The number of rotatable bonds is 7. The number of sulfonamides is 1. The van der Waals surface area contributed by atoms with Crippen molar-refractivity contribution in [2.75, 3.05) is 26.0 Å². The van der Waals surface area contributed by atoms with E-state index in [4.69, 9.17) is 4.74 Å². The number of anilines is 1.